The zero-order valence-corrected chi connectivity index (χ0v) is 14.5. The van der Waals surface area contributed by atoms with Gasteiger partial charge in [-0.05, 0) is 47.0 Å². The Morgan fingerprint density at radius 1 is 1.48 bits per heavy atom. The van der Waals surface area contributed by atoms with E-state index in [9.17, 15) is 13.2 Å². The maximum absolute atomic E-state index is 12.6. The van der Waals surface area contributed by atoms with Crippen LogP contribution < -0.4 is 0 Å². The fraction of sp³-hybridized carbons (Fsp3) is 0.462. The van der Waals surface area contributed by atoms with Crippen molar-refractivity contribution in [3.8, 4) is 0 Å². The smallest absolute Gasteiger partial charge is 0.261 e. The van der Waals surface area contributed by atoms with Crippen LogP contribution >= 0.6 is 26.6 Å². The topological polar surface area (TPSA) is 63.7 Å². The Morgan fingerprint density at radius 3 is 2.81 bits per heavy atom. The molecule has 5 nitrogen and oxygen atoms in total. The van der Waals surface area contributed by atoms with Gasteiger partial charge in [0.25, 0.3) is 15.0 Å². The molecule has 1 fully saturated rings. The zero-order valence-electron chi connectivity index (χ0n) is 11.4. The molecule has 1 amide bonds. The summed E-state index contributed by atoms with van der Waals surface area (Å²) in [6.45, 7) is 1.13. The van der Waals surface area contributed by atoms with Crippen LogP contribution in [0.15, 0.2) is 27.6 Å². The minimum Gasteiger partial charge on any atom is -0.380 e. The number of likely N-dealkylation sites (tertiary alicyclic amines) is 1. The second-order valence-corrected chi connectivity index (χ2v) is 8.25. The van der Waals surface area contributed by atoms with Gasteiger partial charge in [-0.2, -0.15) is 0 Å². The molecule has 1 heterocycles. The summed E-state index contributed by atoms with van der Waals surface area (Å²) in [5.74, 6) is -0.231. The van der Waals surface area contributed by atoms with E-state index in [4.69, 9.17) is 15.4 Å². The summed E-state index contributed by atoms with van der Waals surface area (Å²) in [5.41, 5.74) is 0.286. The molecule has 116 valence electrons. The van der Waals surface area contributed by atoms with Crippen molar-refractivity contribution in [2.75, 3.05) is 20.2 Å². The first-order valence-corrected chi connectivity index (χ1v) is 9.49. The summed E-state index contributed by atoms with van der Waals surface area (Å²) in [6.07, 6.45) is 1.79. The number of hydrogen-bond acceptors (Lipinski definition) is 4. The van der Waals surface area contributed by atoms with Crippen molar-refractivity contribution in [2.45, 2.75) is 23.8 Å². The van der Waals surface area contributed by atoms with Crippen molar-refractivity contribution < 1.29 is 17.9 Å². The van der Waals surface area contributed by atoms with E-state index in [2.05, 4.69) is 15.9 Å². The maximum Gasteiger partial charge on any atom is 0.261 e. The standard InChI is InChI=1S/C13H15BrClNO4S/c1-20-9-3-2-6-16(8-9)13(17)11-7-10(21(15,18)19)4-5-12(11)14/h4-5,7,9H,2-3,6,8H2,1H3. The molecule has 0 aliphatic carbocycles. The quantitative estimate of drug-likeness (QED) is 0.737. The zero-order chi connectivity index (χ0) is 15.6. The van der Waals surface area contributed by atoms with E-state index in [-0.39, 0.29) is 22.5 Å². The highest BCUT2D eigenvalue weighted by molar-refractivity contribution is 9.10. The lowest BCUT2D eigenvalue weighted by Crippen LogP contribution is -2.43. The predicted molar refractivity (Wildman–Crippen MR) is 83.1 cm³/mol. The van der Waals surface area contributed by atoms with Gasteiger partial charge < -0.3 is 9.64 Å². The van der Waals surface area contributed by atoms with E-state index >= 15 is 0 Å². The molecule has 0 aromatic heterocycles. The first kappa shape index (κ1) is 16.7. The molecule has 1 aliphatic rings. The third kappa shape index (κ3) is 3.97. The van der Waals surface area contributed by atoms with Gasteiger partial charge in [0.15, 0.2) is 0 Å². The van der Waals surface area contributed by atoms with E-state index < -0.39 is 9.05 Å². The summed E-state index contributed by atoms with van der Waals surface area (Å²) in [7, 11) is 3.09. The van der Waals surface area contributed by atoms with Gasteiger partial charge in [0.1, 0.15) is 0 Å². The first-order valence-electron chi connectivity index (χ1n) is 6.39. The van der Waals surface area contributed by atoms with Crippen LogP contribution in [-0.4, -0.2) is 45.5 Å². The number of rotatable bonds is 3. The van der Waals surface area contributed by atoms with Crippen LogP contribution in [-0.2, 0) is 13.8 Å². The first-order chi connectivity index (χ1) is 9.82. The molecule has 1 aliphatic heterocycles. The van der Waals surface area contributed by atoms with Gasteiger partial charge in [0.2, 0.25) is 0 Å². The molecule has 0 spiro atoms. The van der Waals surface area contributed by atoms with Gasteiger partial charge in [0, 0.05) is 35.4 Å². The molecule has 0 bridgehead atoms. The summed E-state index contributed by atoms with van der Waals surface area (Å²) in [6, 6.07) is 4.17. The molecule has 1 aromatic carbocycles. The lowest BCUT2D eigenvalue weighted by molar-refractivity contribution is 0.0268. The highest BCUT2D eigenvalue weighted by atomic mass is 79.9. The number of piperidine rings is 1. The molecule has 0 N–H and O–H groups in total. The lowest BCUT2D eigenvalue weighted by Gasteiger charge is -2.32. The van der Waals surface area contributed by atoms with E-state index in [0.717, 1.165) is 12.8 Å². The van der Waals surface area contributed by atoms with Gasteiger partial charge in [-0.15, -0.1) is 0 Å². The maximum atomic E-state index is 12.6. The second kappa shape index (κ2) is 6.64. The summed E-state index contributed by atoms with van der Waals surface area (Å²) in [5, 5.41) is 0. The number of halogens is 2. The van der Waals surface area contributed by atoms with E-state index in [0.29, 0.717) is 17.6 Å². The number of carbonyl (C=O) groups excluding carboxylic acids is 1. The highest BCUT2D eigenvalue weighted by Gasteiger charge is 2.26. The monoisotopic (exact) mass is 395 g/mol. The summed E-state index contributed by atoms with van der Waals surface area (Å²) >= 11 is 3.28. The molecule has 0 saturated carbocycles. The molecule has 2 rings (SSSR count). The molecular formula is C13H15BrClNO4S. The molecule has 1 atom stereocenters. The Labute approximate surface area is 136 Å². The van der Waals surface area contributed by atoms with Crippen molar-refractivity contribution >= 4 is 41.6 Å². The Bertz CT molecular complexity index is 650. The van der Waals surface area contributed by atoms with Crippen molar-refractivity contribution in [3.05, 3.63) is 28.2 Å². The molecule has 1 aromatic rings. The van der Waals surface area contributed by atoms with Crippen molar-refractivity contribution in [1.82, 2.24) is 4.90 Å². The van der Waals surface area contributed by atoms with Gasteiger partial charge in [0.05, 0.1) is 16.6 Å². The SMILES string of the molecule is COC1CCCN(C(=O)c2cc(S(=O)(=O)Cl)ccc2Br)C1. The van der Waals surface area contributed by atoms with Gasteiger partial charge in [-0.3, -0.25) is 4.79 Å². The van der Waals surface area contributed by atoms with Gasteiger partial charge in [-0.1, -0.05) is 0 Å². The van der Waals surface area contributed by atoms with E-state index in [1.54, 1.807) is 12.0 Å². The van der Waals surface area contributed by atoms with Crippen LogP contribution in [0.3, 0.4) is 0 Å². The van der Waals surface area contributed by atoms with Crippen LogP contribution in [0.1, 0.15) is 23.2 Å². The molecule has 1 saturated heterocycles. The molecular weight excluding hydrogens is 382 g/mol. The number of methoxy groups -OCH3 is 1. The molecule has 8 heteroatoms. The Morgan fingerprint density at radius 2 is 2.19 bits per heavy atom. The van der Waals surface area contributed by atoms with E-state index in [1.807, 2.05) is 0 Å². The number of carbonyl (C=O) groups is 1. The number of nitrogens with zero attached hydrogens (tertiary/aromatic N) is 1. The summed E-state index contributed by atoms with van der Waals surface area (Å²) < 4.78 is 28.6. The van der Waals surface area contributed by atoms with Crippen LogP contribution in [0.4, 0.5) is 0 Å². The van der Waals surface area contributed by atoms with E-state index in [1.165, 1.54) is 18.2 Å². The molecule has 21 heavy (non-hydrogen) atoms. The van der Waals surface area contributed by atoms with Gasteiger partial charge in [-0.25, -0.2) is 8.42 Å². The van der Waals surface area contributed by atoms with Crippen LogP contribution in [0.25, 0.3) is 0 Å². The number of benzene rings is 1. The Kier molecular flexibility index (Phi) is 5.29. The molecule has 1 unspecified atom stereocenters. The number of ether oxygens (including phenoxy) is 1. The van der Waals surface area contributed by atoms with Crippen molar-refractivity contribution in [3.63, 3.8) is 0 Å². The minimum absolute atomic E-state index is 0.0152. The Hall–Kier alpha value is -0.630. The fourth-order valence-corrected chi connectivity index (χ4v) is 3.50. The van der Waals surface area contributed by atoms with Crippen LogP contribution in [0.5, 0.6) is 0 Å². The third-order valence-corrected chi connectivity index (χ3v) is 5.49. The highest BCUT2D eigenvalue weighted by Crippen LogP contribution is 2.25. The average Bonchev–Trinajstić information content (AvgIpc) is 2.46. The largest absolute Gasteiger partial charge is 0.380 e. The molecule has 0 radical (unpaired) electrons. The van der Waals surface area contributed by atoms with Crippen molar-refractivity contribution in [2.24, 2.45) is 0 Å². The number of amides is 1. The third-order valence-electron chi connectivity index (χ3n) is 3.45. The predicted octanol–water partition coefficient (Wildman–Crippen LogP) is 2.63. The minimum atomic E-state index is -3.87. The summed E-state index contributed by atoms with van der Waals surface area (Å²) in [4.78, 5) is 14.1. The van der Waals surface area contributed by atoms with Crippen molar-refractivity contribution in [1.29, 1.82) is 0 Å². The number of hydrogen-bond donors (Lipinski definition) is 0. The lowest BCUT2D eigenvalue weighted by atomic mass is 10.1. The Balaban J connectivity index is 2.30. The fourth-order valence-electron chi connectivity index (χ4n) is 2.31. The second-order valence-electron chi connectivity index (χ2n) is 4.83. The average molecular weight is 397 g/mol. The van der Waals surface area contributed by atoms with Gasteiger partial charge >= 0.3 is 0 Å². The normalized spacial score (nSPS) is 19.6. The van der Waals surface area contributed by atoms with Crippen LogP contribution in [0, 0.1) is 0 Å². The van der Waals surface area contributed by atoms with Crippen LogP contribution in [0.2, 0.25) is 0 Å².